The lowest BCUT2D eigenvalue weighted by Crippen LogP contribution is -2.45. The average Bonchev–Trinajstić information content (AvgIpc) is 3.28. The number of hydrogen-bond donors (Lipinski definition) is 1. The van der Waals surface area contributed by atoms with Gasteiger partial charge >= 0.3 is 6.03 Å². The number of carbonyl (C=O) groups is 3. The zero-order valence-electron chi connectivity index (χ0n) is 15.5. The number of piperidine rings is 1. The summed E-state index contributed by atoms with van der Waals surface area (Å²) in [4.78, 5) is 47.3. The number of nitrogens with zero attached hydrogens (tertiary/aromatic N) is 5. The van der Waals surface area contributed by atoms with Crippen LogP contribution in [0.1, 0.15) is 30.1 Å². The van der Waals surface area contributed by atoms with E-state index in [2.05, 4.69) is 19.9 Å². The van der Waals surface area contributed by atoms with Gasteiger partial charge in [0, 0.05) is 43.8 Å². The lowest BCUT2D eigenvalue weighted by Gasteiger charge is -2.33. The Morgan fingerprint density at radius 3 is 2.93 bits per heavy atom. The monoisotopic (exact) mass is 382 g/mol. The van der Waals surface area contributed by atoms with Gasteiger partial charge in [0.1, 0.15) is 18.9 Å². The van der Waals surface area contributed by atoms with Crippen molar-refractivity contribution in [3.05, 3.63) is 48.3 Å². The van der Waals surface area contributed by atoms with Gasteiger partial charge in [-0.15, -0.1) is 0 Å². The molecule has 1 atom stereocenters. The number of amides is 4. The molecule has 0 spiro atoms. The molecule has 2 saturated heterocycles. The zero-order chi connectivity index (χ0) is 19.5. The number of imidazole rings is 1. The third kappa shape index (κ3) is 3.88. The van der Waals surface area contributed by atoms with E-state index in [4.69, 9.17) is 0 Å². The third-order valence-corrected chi connectivity index (χ3v) is 5.16. The summed E-state index contributed by atoms with van der Waals surface area (Å²) < 4.78 is 2.10. The van der Waals surface area contributed by atoms with Crippen LogP contribution in [0.3, 0.4) is 0 Å². The lowest BCUT2D eigenvalue weighted by molar-refractivity contribution is -0.133. The summed E-state index contributed by atoms with van der Waals surface area (Å²) in [6.45, 7) is 1.77. The van der Waals surface area contributed by atoms with Crippen LogP contribution < -0.4 is 5.32 Å². The van der Waals surface area contributed by atoms with Gasteiger partial charge in [-0.2, -0.15) is 0 Å². The molecular formula is C19H22N6O3. The Hall–Kier alpha value is -3.23. The third-order valence-electron chi connectivity index (χ3n) is 5.16. The summed E-state index contributed by atoms with van der Waals surface area (Å²) in [6.07, 6.45) is 9.15. The maximum Gasteiger partial charge on any atom is 0.325 e. The summed E-state index contributed by atoms with van der Waals surface area (Å²) in [7, 11) is 0. The highest BCUT2D eigenvalue weighted by molar-refractivity contribution is 6.03. The van der Waals surface area contributed by atoms with E-state index in [9.17, 15) is 14.4 Å². The molecule has 2 aromatic rings. The van der Waals surface area contributed by atoms with E-state index in [0.717, 1.165) is 24.2 Å². The van der Waals surface area contributed by atoms with Gasteiger partial charge in [-0.05, 0) is 24.5 Å². The molecule has 0 aliphatic carbocycles. The number of imide groups is 1. The summed E-state index contributed by atoms with van der Waals surface area (Å²) in [5.41, 5.74) is 1.09. The molecular weight excluding hydrogens is 360 g/mol. The average molecular weight is 382 g/mol. The molecule has 28 heavy (non-hydrogen) atoms. The largest absolute Gasteiger partial charge is 0.340 e. The fourth-order valence-corrected chi connectivity index (χ4v) is 3.79. The van der Waals surface area contributed by atoms with Crippen molar-refractivity contribution in [2.45, 2.75) is 25.3 Å². The van der Waals surface area contributed by atoms with E-state index in [0.29, 0.717) is 19.6 Å². The van der Waals surface area contributed by atoms with E-state index in [1.807, 2.05) is 24.5 Å². The van der Waals surface area contributed by atoms with Crippen molar-refractivity contribution in [1.82, 2.24) is 29.7 Å². The van der Waals surface area contributed by atoms with Crippen LogP contribution in [0.4, 0.5) is 4.79 Å². The fraction of sp³-hybridized carbons (Fsp3) is 0.421. The van der Waals surface area contributed by atoms with Gasteiger partial charge in [0.25, 0.3) is 0 Å². The second-order valence-electron chi connectivity index (χ2n) is 7.16. The molecule has 4 heterocycles. The van der Waals surface area contributed by atoms with Crippen molar-refractivity contribution in [2.75, 3.05) is 26.2 Å². The first-order chi connectivity index (χ1) is 13.6. The minimum Gasteiger partial charge on any atom is -0.340 e. The Morgan fingerprint density at radius 1 is 1.29 bits per heavy atom. The Bertz CT molecular complexity index is 881. The Morgan fingerprint density at radius 2 is 2.18 bits per heavy atom. The molecule has 0 radical (unpaired) electrons. The highest BCUT2D eigenvalue weighted by Crippen LogP contribution is 2.26. The van der Waals surface area contributed by atoms with Crippen molar-refractivity contribution >= 4 is 17.8 Å². The second kappa shape index (κ2) is 7.79. The van der Waals surface area contributed by atoms with Crippen LogP contribution in [0.15, 0.2) is 36.9 Å². The first-order valence-corrected chi connectivity index (χ1v) is 9.36. The number of carbonyl (C=O) groups excluding carboxylic acids is 3. The van der Waals surface area contributed by atoms with Crippen molar-refractivity contribution in [3.63, 3.8) is 0 Å². The summed E-state index contributed by atoms with van der Waals surface area (Å²) >= 11 is 0. The normalized spacial score (nSPS) is 19.8. The van der Waals surface area contributed by atoms with Gasteiger partial charge in [0.15, 0.2) is 0 Å². The number of urea groups is 1. The minimum atomic E-state index is -0.501. The second-order valence-corrected chi connectivity index (χ2v) is 7.16. The summed E-state index contributed by atoms with van der Waals surface area (Å²) in [5, 5.41) is 2.20. The van der Waals surface area contributed by atoms with Crippen molar-refractivity contribution in [3.8, 4) is 0 Å². The maximum atomic E-state index is 12.7. The van der Waals surface area contributed by atoms with E-state index in [1.54, 1.807) is 17.3 Å². The van der Waals surface area contributed by atoms with Gasteiger partial charge in [-0.1, -0.05) is 6.07 Å². The van der Waals surface area contributed by atoms with E-state index >= 15 is 0 Å². The molecule has 0 aromatic carbocycles. The highest BCUT2D eigenvalue weighted by atomic mass is 16.2. The van der Waals surface area contributed by atoms with Crippen LogP contribution >= 0.6 is 0 Å². The standard InChI is InChI=1S/C19H22N6O3/c26-16-12-25(19(28)22-16)13-17(27)23-7-2-4-15(11-23)18-21-6-8-24(18)10-14-3-1-5-20-9-14/h1,3,5-6,8-9,15H,2,4,7,10-13H2,(H,22,26,28)/t15-/m1/s1. The van der Waals surface area contributed by atoms with Crippen LogP contribution in [-0.4, -0.2) is 68.4 Å². The quantitative estimate of drug-likeness (QED) is 0.763. The van der Waals surface area contributed by atoms with Crippen LogP contribution in [0.25, 0.3) is 0 Å². The molecule has 4 rings (SSSR count). The molecule has 4 amide bonds. The molecule has 2 aliphatic rings. The Balaban J connectivity index is 1.42. The topological polar surface area (TPSA) is 100 Å². The highest BCUT2D eigenvalue weighted by Gasteiger charge is 2.32. The van der Waals surface area contributed by atoms with Gasteiger partial charge in [0.2, 0.25) is 11.8 Å². The van der Waals surface area contributed by atoms with E-state index in [1.165, 1.54) is 4.90 Å². The van der Waals surface area contributed by atoms with E-state index in [-0.39, 0.29) is 30.8 Å². The minimum absolute atomic E-state index is 0.0582. The number of pyridine rings is 1. The number of aromatic nitrogens is 3. The SMILES string of the molecule is O=C1CN(CC(=O)N2CCC[C@@H](c3nccn3Cc3cccnc3)C2)C(=O)N1. The van der Waals surface area contributed by atoms with Gasteiger partial charge in [0.05, 0.1) is 6.54 Å². The summed E-state index contributed by atoms with van der Waals surface area (Å²) in [5.74, 6) is 0.584. The van der Waals surface area contributed by atoms with Gasteiger partial charge < -0.3 is 14.4 Å². The number of hydrogen-bond acceptors (Lipinski definition) is 5. The van der Waals surface area contributed by atoms with Crippen molar-refractivity contribution in [2.24, 2.45) is 0 Å². The zero-order valence-corrected chi connectivity index (χ0v) is 15.5. The predicted molar refractivity (Wildman–Crippen MR) is 99.2 cm³/mol. The number of nitrogens with one attached hydrogen (secondary N) is 1. The molecule has 9 nitrogen and oxygen atoms in total. The van der Waals surface area contributed by atoms with Crippen molar-refractivity contribution < 1.29 is 14.4 Å². The predicted octanol–water partition coefficient (Wildman–Crippen LogP) is 0.584. The molecule has 2 fully saturated rings. The number of rotatable bonds is 5. The maximum absolute atomic E-state index is 12.7. The summed E-state index contributed by atoms with van der Waals surface area (Å²) in [6, 6.07) is 3.43. The van der Waals surface area contributed by atoms with Crippen LogP contribution in [-0.2, 0) is 16.1 Å². The molecule has 0 bridgehead atoms. The fourth-order valence-electron chi connectivity index (χ4n) is 3.79. The molecule has 0 unspecified atom stereocenters. The Labute approximate surface area is 162 Å². The first-order valence-electron chi connectivity index (χ1n) is 9.36. The molecule has 9 heteroatoms. The molecule has 146 valence electrons. The molecule has 1 N–H and O–H groups in total. The molecule has 0 saturated carbocycles. The van der Waals surface area contributed by atoms with E-state index < -0.39 is 6.03 Å². The first kappa shape index (κ1) is 18.1. The van der Waals surface area contributed by atoms with Crippen LogP contribution in [0, 0.1) is 0 Å². The lowest BCUT2D eigenvalue weighted by atomic mass is 9.97. The molecule has 2 aromatic heterocycles. The van der Waals surface area contributed by atoms with Crippen molar-refractivity contribution in [1.29, 1.82) is 0 Å². The van der Waals surface area contributed by atoms with Crippen LogP contribution in [0.2, 0.25) is 0 Å². The molecule has 2 aliphatic heterocycles. The smallest absolute Gasteiger partial charge is 0.325 e. The van der Waals surface area contributed by atoms with Crippen LogP contribution in [0.5, 0.6) is 0 Å². The Kier molecular flexibility index (Phi) is 5.05. The van der Waals surface area contributed by atoms with Gasteiger partial charge in [-0.25, -0.2) is 9.78 Å². The number of likely N-dealkylation sites (tertiary alicyclic amines) is 1. The van der Waals surface area contributed by atoms with Gasteiger partial charge in [-0.3, -0.25) is 19.9 Å².